The Balaban J connectivity index is 3.49. The fraction of sp³-hybridized carbons (Fsp3) is 0.600. The van der Waals surface area contributed by atoms with Gasteiger partial charge in [-0.2, -0.15) is 0 Å². The Morgan fingerprint density at radius 2 is 2.25 bits per heavy atom. The van der Waals surface area contributed by atoms with Crippen LogP contribution in [0.25, 0.3) is 0 Å². The van der Waals surface area contributed by atoms with E-state index in [-0.39, 0.29) is 0 Å². The highest BCUT2D eigenvalue weighted by atomic mass is 32.1. The Kier molecular flexibility index (Phi) is 3.35. The lowest BCUT2D eigenvalue weighted by molar-refractivity contribution is -0.111. The van der Waals surface area contributed by atoms with Crippen molar-refractivity contribution in [2.45, 2.75) is 19.8 Å². The van der Waals surface area contributed by atoms with E-state index in [1.165, 1.54) is 0 Å². The number of rotatable bonds is 3. The van der Waals surface area contributed by atoms with Gasteiger partial charge in [0, 0.05) is 0 Å². The van der Waals surface area contributed by atoms with E-state index in [9.17, 15) is 4.79 Å². The maximum atomic E-state index is 10.2. The van der Waals surface area contributed by atoms with Gasteiger partial charge in [-0.05, 0) is 6.42 Å². The van der Waals surface area contributed by atoms with Gasteiger partial charge >= 0.3 is 0 Å². The van der Waals surface area contributed by atoms with Gasteiger partial charge in [0.15, 0.2) is 0 Å². The van der Waals surface area contributed by atoms with E-state index in [0.29, 0.717) is 11.3 Å². The molecule has 0 saturated carbocycles. The van der Waals surface area contributed by atoms with Gasteiger partial charge in [0.05, 0.1) is 4.86 Å². The summed E-state index contributed by atoms with van der Waals surface area (Å²) in [6, 6.07) is 0. The predicted molar refractivity (Wildman–Crippen MR) is 36.7 cm³/mol. The predicted octanol–water partition coefficient (Wildman–Crippen LogP) is 0.642. The third-order valence-corrected chi connectivity index (χ3v) is 1.16. The molecule has 0 aliphatic heterocycles. The van der Waals surface area contributed by atoms with Crippen LogP contribution in [0.15, 0.2) is 0 Å². The van der Waals surface area contributed by atoms with E-state index >= 15 is 0 Å². The van der Waals surface area contributed by atoms with Crippen LogP contribution in [0.5, 0.6) is 0 Å². The zero-order valence-corrected chi connectivity index (χ0v) is 5.62. The second-order valence-electron chi connectivity index (χ2n) is 1.54. The Labute approximate surface area is 54.1 Å². The van der Waals surface area contributed by atoms with Crippen LogP contribution in [0, 0.1) is 0 Å². The summed E-state index contributed by atoms with van der Waals surface area (Å²) < 4.78 is 0. The number of hydrogen-bond acceptors (Lipinski definition) is 2. The maximum absolute atomic E-state index is 10.2. The Morgan fingerprint density at radius 1 is 1.75 bits per heavy atom. The number of amides is 1. The summed E-state index contributed by atoms with van der Waals surface area (Å²) in [7, 11) is 0. The molecule has 1 amide bonds. The van der Waals surface area contributed by atoms with Crippen LogP contribution in [-0.2, 0) is 4.79 Å². The fourth-order valence-corrected chi connectivity index (χ4v) is 0.554. The first kappa shape index (κ1) is 7.56. The summed E-state index contributed by atoms with van der Waals surface area (Å²) in [6.45, 7) is 1.95. The van der Waals surface area contributed by atoms with Crippen molar-refractivity contribution in [3.05, 3.63) is 0 Å². The van der Waals surface area contributed by atoms with Crippen LogP contribution < -0.4 is 5.73 Å². The summed E-state index contributed by atoms with van der Waals surface area (Å²) in [6.07, 6.45) is 1.53. The van der Waals surface area contributed by atoms with Crippen molar-refractivity contribution in [1.29, 1.82) is 0 Å². The highest BCUT2D eigenvalue weighted by Crippen LogP contribution is 1.89. The molecule has 46 valence electrons. The Hall–Kier alpha value is -0.440. The standard InChI is InChI=1S/C5H9NOS/c1-2-3-4(8)5(6)7/h2-3H2,1H3,(H2,6,7). The van der Waals surface area contributed by atoms with Gasteiger partial charge in [0.2, 0.25) is 0 Å². The van der Waals surface area contributed by atoms with Crippen molar-refractivity contribution in [2.24, 2.45) is 5.73 Å². The molecule has 0 aromatic rings. The number of thiocarbonyl (C=S) groups is 1. The second-order valence-corrected chi connectivity index (χ2v) is 2.03. The smallest absolute Gasteiger partial charge is 0.255 e. The van der Waals surface area contributed by atoms with Crippen LogP contribution >= 0.6 is 12.2 Å². The van der Waals surface area contributed by atoms with Crippen molar-refractivity contribution in [3.8, 4) is 0 Å². The zero-order valence-electron chi connectivity index (χ0n) is 4.81. The van der Waals surface area contributed by atoms with Gasteiger partial charge in [-0.25, -0.2) is 0 Å². The molecular formula is C5H9NOS. The van der Waals surface area contributed by atoms with Gasteiger partial charge in [0.1, 0.15) is 0 Å². The number of hydrogen-bond donors (Lipinski definition) is 1. The third-order valence-electron chi connectivity index (χ3n) is 0.752. The molecule has 0 aromatic heterocycles. The minimum atomic E-state index is -0.457. The molecule has 0 spiro atoms. The molecule has 0 unspecified atom stereocenters. The molecule has 0 fully saturated rings. The van der Waals surface area contributed by atoms with E-state index in [2.05, 4.69) is 12.2 Å². The first-order valence-electron chi connectivity index (χ1n) is 2.51. The summed E-state index contributed by atoms with van der Waals surface area (Å²) in [5.74, 6) is -0.457. The molecule has 2 N–H and O–H groups in total. The van der Waals surface area contributed by atoms with Crippen LogP contribution in [0.2, 0.25) is 0 Å². The van der Waals surface area contributed by atoms with Crippen molar-refractivity contribution in [2.75, 3.05) is 0 Å². The van der Waals surface area contributed by atoms with Crippen LogP contribution in [-0.4, -0.2) is 10.8 Å². The van der Waals surface area contributed by atoms with Crippen molar-refractivity contribution < 1.29 is 4.79 Å². The van der Waals surface area contributed by atoms with Gasteiger partial charge in [-0.15, -0.1) is 0 Å². The third kappa shape index (κ3) is 2.69. The molecule has 0 aromatic carbocycles. The van der Waals surface area contributed by atoms with Gasteiger partial charge in [-0.1, -0.05) is 25.6 Å². The normalized spacial score (nSPS) is 8.62. The summed E-state index contributed by atoms with van der Waals surface area (Å²) >= 11 is 4.60. The number of nitrogens with two attached hydrogens (primary N) is 1. The van der Waals surface area contributed by atoms with E-state index in [4.69, 9.17) is 5.73 Å². The van der Waals surface area contributed by atoms with Crippen LogP contribution in [0.3, 0.4) is 0 Å². The average Bonchev–Trinajstić information content (AvgIpc) is 1.67. The highest BCUT2D eigenvalue weighted by molar-refractivity contribution is 7.82. The molecule has 8 heavy (non-hydrogen) atoms. The lowest BCUT2D eigenvalue weighted by atomic mass is 10.2. The molecule has 0 radical (unpaired) electrons. The first-order chi connectivity index (χ1) is 3.68. The molecule has 0 aliphatic rings. The van der Waals surface area contributed by atoms with Gasteiger partial charge < -0.3 is 5.73 Å². The lowest BCUT2D eigenvalue weighted by Crippen LogP contribution is -2.20. The molecule has 0 rings (SSSR count). The van der Waals surface area contributed by atoms with Gasteiger partial charge in [0.25, 0.3) is 5.91 Å². The topological polar surface area (TPSA) is 43.1 Å². The van der Waals surface area contributed by atoms with Crippen molar-refractivity contribution in [1.82, 2.24) is 0 Å². The molecule has 0 saturated heterocycles. The number of carbonyl (C=O) groups excluding carboxylic acids is 1. The fourth-order valence-electron chi connectivity index (χ4n) is 0.350. The molecule has 2 nitrogen and oxygen atoms in total. The van der Waals surface area contributed by atoms with Crippen LogP contribution in [0.4, 0.5) is 0 Å². The minimum absolute atomic E-state index is 0.354. The van der Waals surface area contributed by atoms with E-state index in [1.54, 1.807) is 0 Å². The highest BCUT2D eigenvalue weighted by Gasteiger charge is 1.99. The Bertz CT molecular complexity index is 111. The monoisotopic (exact) mass is 131 g/mol. The minimum Gasteiger partial charge on any atom is -0.365 e. The average molecular weight is 131 g/mol. The molecule has 3 heteroatoms. The molecule has 0 aliphatic carbocycles. The molecule has 0 atom stereocenters. The maximum Gasteiger partial charge on any atom is 0.255 e. The summed E-state index contributed by atoms with van der Waals surface area (Å²) in [4.78, 5) is 10.5. The van der Waals surface area contributed by atoms with Gasteiger partial charge in [-0.3, -0.25) is 4.79 Å². The van der Waals surface area contributed by atoms with Crippen LogP contribution in [0.1, 0.15) is 19.8 Å². The van der Waals surface area contributed by atoms with E-state index < -0.39 is 5.91 Å². The second kappa shape index (κ2) is 3.55. The van der Waals surface area contributed by atoms with Crippen molar-refractivity contribution >= 4 is 23.0 Å². The zero-order chi connectivity index (χ0) is 6.57. The van der Waals surface area contributed by atoms with E-state index in [0.717, 1.165) is 6.42 Å². The molecule has 0 bridgehead atoms. The SMILES string of the molecule is CCCC(=S)C(N)=O. The number of carbonyl (C=O) groups is 1. The Morgan fingerprint density at radius 3 is 2.38 bits per heavy atom. The lowest BCUT2D eigenvalue weighted by Gasteiger charge is -1.91. The quantitative estimate of drug-likeness (QED) is 0.571. The van der Waals surface area contributed by atoms with E-state index in [1.807, 2.05) is 6.92 Å². The molecular weight excluding hydrogens is 122 g/mol. The largest absolute Gasteiger partial charge is 0.365 e. The molecule has 0 heterocycles. The van der Waals surface area contributed by atoms with Crippen molar-refractivity contribution in [3.63, 3.8) is 0 Å². The first-order valence-corrected chi connectivity index (χ1v) is 2.92. The summed E-state index contributed by atoms with van der Waals surface area (Å²) in [5.41, 5.74) is 4.84. The number of primary amides is 1. The summed E-state index contributed by atoms with van der Waals surface area (Å²) in [5, 5.41) is 0.